The Hall–Kier alpha value is -4.19. The van der Waals surface area contributed by atoms with Crippen molar-refractivity contribution in [1.29, 1.82) is 0 Å². The van der Waals surface area contributed by atoms with Gasteiger partial charge < -0.3 is 14.2 Å². The molecule has 0 saturated carbocycles. The maximum Gasteiger partial charge on any atom is 0.306 e. The van der Waals surface area contributed by atoms with E-state index < -0.39 is 6.10 Å². The van der Waals surface area contributed by atoms with Gasteiger partial charge in [-0.1, -0.05) is 290 Å². The Balaban J connectivity index is 4.32. The predicted octanol–water partition coefficient (Wildman–Crippen LogP) is 22.8. The SMILES string of the molecule is CC/C=C\C/C=C\C/C=C\C/C=C\C/C=C\CCCCCC(=O)OC(COC(=O)CC/C=C\C/C=C\C/C=C\C/C=C\CC)COC(=O)CCCCCCCCCCCCCCCCCCC/C=C\CCCCCCCCCC. The van der Waals surface area contributed by atoms with Gasteiger partial charge in [-0.3, -0.25) is 14.4 Å². The molecule has 0 fully saturated rings. The number of allylic oxidation sites excluding steroid dienone is 20. The van der Waals surface area contributed by atoms with Crippen molar-refractivity contribution in [1.82, 2.24) is 0 Å². The summed E-state index contributed by atoms with van der Waals surface area (Å²) in [7, 11) is 0. The molecule has 79 heavy (non-hydrogen) atoms. The quantitative estimate of drug-likeness (QED) is 0.0261. The zero-order valence-corrected chi connectivity index (χ0v) is 51.6. The second-order valence-electron chi connectivity index (χ2n) is 21.6. The molecule has 0 bridgehead atoms. The molecule has 0 spiro atoms. The summed E-state index contributed by atoms with van der Waals surface area (Å²) in [4.78, 5) is 38.2. The molecule has 0 aromatic rings. The average molecular weight is 1100 g/mol. The highest BCUT2D eigenvalue weighted by molar-refractivity contribution is 5.71. The first-order valence-corrected chi connectivity index (χ1v) is 33.0. The minimum atomic E-state index is -0.828. The van der Waals surface area contributed by atoms with Crippen LogP contribution in [0.5, 0.6) is 0 Å². The second-order valence-corrected chi connectivity index (χ2v) is 21.6. The summed E-state index contributed by atoms with van der Waals surface area (Å²) in [5.74, 6) is -1.03. The van der Waals surface area contributed by atoms with E-state index in [9.17, 15) is 14.4 Å². The molecule has 6 heteroatoms. The largest absolute Gasteiger partial charge is 0.462 e. The van der Waals surface area contributed by atoms with Gasteiger partial charge in [0.25, 0.3) is 0 Å². The van der Waals surface area contributed by atoms with Gasteiger partial charge in [0.05, 0.1) is 0 Å². The van der Waals surface area contributed by atoms with Crippen molar-refractivity contribution < 1.29 is 28.6 Å². The highest BCUT2D eigenvalue weighted by Crippen LogP contribution is 2.16. The third kappa shape index (κ3) is 64.5. The fourth-order valence-corrected chi connectivity index (χ4v) is 9.07. The molecule has 0 saturated heterocycles. The van der Waals surface area contributed by atoms with E-state index in [-0.39, 0.29) is 44.0 Å². The molecular formula is C73H122O6. The number of hydrogen-bond donors (Lipinski definition) is 0. The highest BCUT2D eigenvalue weighted by atomic mass is 16.6. The molecule has 0 radical (unpaired) electrons. The number of carbonyl (C=O) groups excluding carboxylic acids is 3. The van der Waals surface area contributed by atoms with Gasteiger partial charge >= 0.3 is 17.9 Å². The van der Waals surface area contributed by atoms with E-state index in [4.69, 9.17) is 14.2 Å². The second kappa shape index (κ2) is 66.3. The number of hydrogen-bond acceptors (Lipinski definition) is 6. The molecule has 0 aromatic carbocycles. The van der Waals surface area contributed by atoms with E-state index in [1.165, 1.54) is 154 Å². The third-order valence-electron chi connectivity index (χ3n) is 13.9. The van der Waals surface area contributed by atoms with Gasteiger partial charge in [0.2, 0.25) is 0 Å². The van der Waals surface area contributed by atoms with Crippen LogP contribution in [-0.4, -0.2) is 37.2 Å². The van der Waals surface area contributed by atoms with Crippen molar-refractivity contribution in [2.75, 3.05) is 13.2 Å². The van der Waals surface area contributed by atoms with Gasteiger partial charge in [0.15, 0.2) is 6.10 Å². The lowest BCUT2D eigenvalue weighted by Crippen LogP contribution is -2.30. The fraction of sp³-hybridized carbons (Fsp3) is 0.685. The number of unbranched alkanes of at least 4 members (excludes halogenated alkanes) is 28. The van der Waals surface area contributed by atoms with Crippen molar-refractivity contribution in [3.8, 4) is 0 Å². The fourth-order valence-electron chi connectivity index (χ4n) is 9.07. The van der Waals surface area contributed by atoms with E-state index in [1.54, 1.807) is 0 Å². The number of ether oxygens (including phenoxy) is 3. The molecular weight excluding hydrogens is 973 g/mol. The topological polar surface area (TPSA) is 78.9 Å². The van der Waals surface area contributed by atoms with Crippen LogP contribution in [0.15, 0.2) is 122 Å². The maximum atomic E-state index is 12.9. The molecule has 0 aliphatic carbocycles. The molecule has 1 atom stereocenters. The highest BCUT2D eigenvalue weighted by Gasteiger charge is 2.19. The average Bonchev–Trinajstić information content (AvgIpc) is 3.45. The summed E-state index contributed by atoms with van der Waals surface area (Å²) < 4.78 is 16.8. The van der Waals surface area contributed by atoms with E-state index in [2.05, 4.69) is 136 Å². The van der Waals surface area contributed by atoms with Crippen molar-refractivity contribution in [2.45, 2.75) is 309 Å². The van der Waals surface area contributed by atoms with Crippen LogP contribution >= 0.6 is 0 Å². The zero-order chi connectivity index (χ0) is 57.1. The summed E-state index contributed by atoms with van der Waals surface area (Å²) in [6.07, 6.45) is 92.5. The number of rotatable bonds is 59. The zero-order valence-electron chi connectivity index (χ0n) is 51.6. The maximum absolute atomic E-state index is 12.9. The summed E-state index contributed by atoms with van der Waals surface area (Å²) >= 11 is 0. The lowest BCUT2D eigenvalue weighted by molar-refractivity contribution is -0.166. The third-order valence-corrected chi connectivity index (χ3v) is 13.9. The molecule has 0 heterocycles. The smallest absolute Gasteiger partial charge is 0.306 e. The van der Waals surface area contributed by atoms with Crippen molar-refractivity contribution in [3.63, 3.8) is 0 Å². The van der Waals surface area contributed by atoms with E-state index in [0.717, 1.165) is 96.3 Å². The first-order chi connectivity index (χ1) is 39.0. The molecule has 0 aliphatic rings. The van der Waals surface area contributed by atoms with Gasteiger partial charge in [-0.2, -0.15) is 0 Å². The standard InChI is InChI=1S/C73H122O6/c1-4-7-10-13-16-19-22-25-27-29-31-32-33-34-35-36-37-38-39-40-42-43-45-48-51-54-57-60-63-66-72(75)78-69-70(68-77-71(74)65-62-59-56-53-50-47-24-21-18-15-12-9-6-3)79-73(76)67-64-61-58-55-52-49-46-44-41-30-28-26-23-20-17-14-11-8-5-2/h8-9,11-12,17-18,20-21,26,28-29,31,41,44,47,49-50,52,56,59,70H,4-7,10,13-16,19,22-25,27,30,32-40,42-43,45-46,48,51,53-55,57-58,60-69H2,1-3H3/b11-8-,12-9-,20-17-,21-18-,28-26-,31-29-,44-41-,50-47-,52-49-,59-56-. The van der Waals surface area contributed by atoms with Crippen molar-refractivity contribution in [3.05, 3.63) is 122 Å². The van der Waals surface area contributed by atoms with Crippen LogP contribution < -0.4 is 0 Å². The summed E-state index contributed by atoms with van der Waals surface area (Å²) in [6, 6.07) is 0. The molecule has 0 amide bonds. The molecule has 0 aliphatic heterocycles. The number of carbonyl (C=O) groups is 3. The summed E-state index contributed by atoms with van der Waals surface area (Å²) in [5.41, 5.74) is 0. The van der Waals surface area contributed by atoms with E-state index in [1.807, 2.05) is 6.08 Å². The van der Waals surface area contributed by atoms with Gasteiger partial charge in [-0.25, -0.2) is 0 Å². The van der Waals surface area contributed by atoms with Crippen LogP contribution in [0.25, 0.3) is 0 Å². The first-order valence-electron chi connectivity index (χ1n) is 33.0. The van der Waals surface area contributed by atoms with Gasteiger partial charge in [0.1, 0.15) is 13.2 Å². The molecule has 6 nitrogen and oxygen atoms in total. The van der Waals surface area contributed by atoms with E-state index in [0.29, 0.717) is 19.3 Å². The normalized spacial score (nSPS) is 12.9. The van der Waals surface area contributed by atoms with Crippen LogP contribution in [0.3, 0.4) is 0 Å². The monoisotopic (exact) mass is 1090 g/mol. The Morgan fingerprint density at radius 2 is 0.519 bits per heavy atom. The Kier molecular flexibility index (Phi) is 62.8. The number of esters is 3. The Labute approximate surface area is 488 Å². The van der Waals surface area contributed by atoms with Gasteiger partial charge in [0, 0.05) is 19.3 Å². The Bertz CT molecular complexity index is 1640. The van der Waals surface area contributed by atoms with E-state index >= 15 is 0 Å². The van der Waals surface area contributed by atoms with Gasteiger partial charge in [-0.05, 0) is 116 Å². The molecule has 450 valence electrons. The lowest BCUT2D eigenvalue weighted by atomic mass is 10.0. The molecule has 1 unspecified atom stereocenters. The van der Waals surface area contributed by atoms with Crippen LogP contribution in [0.1, 0.15) is 303 Å². The van der Waals surface area contributed by atoms with Crippen molar-refractivity contribution >= 4 is 17.9 Å². The summed E-state index contributed by atoms with van der Waals surface area (Å²) in [5, 5.41) is 0. The lowest BCUT2D eigenvalue weighted by Gasteiger charge is -2.18. The van der Waals surface area contributed by atoms with Crippen molar-refractivity contribution in [2.24, 2.45) is 0 Å². The van der Waals surface area contributed by atoms with Crippen LogP contribution in [0.4, 0.5) is 0 Å². The Morgan fingerprint density at radius 1 is 0.266 bits per heavy atom. The van der Waals surface area contributed by atoms with Crippen LogP contribution in [-0.2, 0) is 28.6 Å². The van der Waals surface area contributed by atoms with Crippen LogP contribution in [0.2, 0.25) is 0 Å². The minimum absolute atomic E-state index is 0.115. The van der Waals surface area contributed by atoms with Gasteiger partial charge in [-0.15, -0.1) is 0 Å². The molecule has 0 rings (SSSR count). The molecule has 0 N–H and O–H groups in total. The predicted molar refractivity (Wildman–Crippen MR) is 343 cm³/mol. The Morgan fingerprint density at radius 3 is 0.873 bits per heavy atom. The van der Waals surface area contributed by atoms with Crippen LogP contribution in [0, 0.1) is 0 Å². The molecule has 0 aromatic heterocycles. The first kappa shape index (κ1) is 74.8. The summed E-state index contributed by atoms with van der Waals surface area (Å²) in [6.45, 7) is 6.34. The minimum Gasteiger partial charge on any atom is -0.462 e.